The van der Waals surface area contributed by atoms with E-state index in [4.69, 9.17) is 4.74 Å². The molecule has 0 bridgehead atoms. The molecule has 0 aliphatic carbocycles. The number of benzene rings is 2. The van der Waals surface area contributed by atoms with Gasteiger partial charge >= 0.3 is 5.97 Å². The van der Waals surface area contributed by atoms with E-state index >= 15 is 0 Å². The van der Waals surface area contributed by atoms with E-state index in [-0.39, 0.29) is 0 Å². The molecular formula is C24H31NO4. The number of carbonyl (C=O) groups is 1. The van der Waals surface area contributed by atoms with E-state index < -0.39 is 17.5 Å². The summed E-state index contributed by atoms with van der Waals surface area (Å²) in [6, 6.07) is 19.8. The summed E-state index contributed by atoms with van der Waals surface area (Å²) in [4.78, 5) is 14.3. The maximum absolute atomic E-state index is 12.2. The summed E-state index contributed by atoms with van der Waals surface area (Å²) >= 11 is 0. The molecule has 1 saturated heterocycles. The van der Waals surface area contributed by atoms with E-state index in [9.17, 15) is 15.0 Å². The lowest BCUT2D eigenvalue weighted by Gasteiger charge is -2.43. The Bertz CT molecular complexity index is 752. The number of para-hydroxylation sites is 1. The molecule has 1 aliphatic heterocycles. The number of aliphatic hydroxyl groups is 1. The smallest absolute Gasteiger partial charge is 0.313 e. The van der Waals surface area contributed by atoms with Crippen molar-refractivity contribution in [2.45, 2.75) is 38.2 Å². The number of aliphatic carboxylic acids is 1. The second kappa shape index (κ2) is 10.4. The summed E-state index contributed by atoms with van der Waals surface area (Å²) in [5.41, 5.74) is 0.112. The third-order valence-corrected chi connectivity index (χ3v) is 5.85. The molecule has 2 atom stereocenters. The van der Waals surface area contributed by atoms with E-state index in [0.29, 0.717) is 26.0 Å². The molecule has 0 aromatic heterocycles. The first-order valence-electron chi connectivity index (χ1n) is 10.5. The Labute approximate surface area is 172 Å². The number of carboxylic acid groups (broad SMARTS) is 1. The van der Waals surface area contributed by atoms with Gasteiger partial charge in [0, 0.05) is 19.6 Å². The number of rotatable bonds is 10. The predicted molar refractivity (Wildman–Crippen MR) is 113 cm³/mol. The number of nitrogens with zero attached hydrogens (tertiary/aromatic N) is 1. The van der Waals surface area contributed by atoms with Crippen LogP contribution < -0.4 is 4.74 Å². The van der Waals surface area contributed by atoms with Gasteiger partial charge in [0.05, 0.1) is 12.7 Å². The zero-order chi connectivity index (χ0) is 20.5. The second-order valence-corrected chi connectivity index (χ2v) is 7.90. The Hall–Kier alpha value is -2.37. The van der Waals surface area contributed by atoms with Crippen molar-refractivity contribution in [1.82, 2.24) is 4.90 Å². The van der Waals surface area contributed by atoms with Crippen molar-refractivity contribution in [3.63, 3.8) is 0 Å². The zero-order valence-electron chi connectivity index (χ0n) is 16.9. The lowest BCUT2D eigenvalue weighted by atomic mass is 9.73. The first kappa shape index (κ1) is 21.3. The lowest BCUT2D eigenvalue weighted by Crippen LogP contribution is -2.56. The number of carboxylic acids is 1. The number of hydrogen-bond donors (Lipinski definition) is 2. The molecule has 5 nitrogen and oxygen atoms in total. The van der Waals surface area contributed by atoms with Crippen LogP contribution in [0.15, 0.2) is 60.7 Å². The van der Waals surface area contributed by atoms with Gasteiger partial charge in [0.25, 0.3) is 0 Å². The van der Waals surface area contributed by atoms with Crippen LogP contribution in [0.4, 0.5) is 0 Å². The van der Waals surface area contributed by atoms with Gasteiger partial charge in [-0.05, 0) is 49.8 Å². The molecule has 2 N–H and O–H groups in total. The Kier molecular flexibility index (Phi) is 7.67. The first-order chi connectivity index (χ1) is 14.1. The number of piperidine rings is 1. The minimum Gasteiger partial charge on any atom is -0.494 e. The van der Waals surface area contributed by atoms with Crippen molar-refractivity contribution in [1.29, 1.82) is 0 Å². The molecule has 156 valence electrons. The molecule has 2 aromatic carbocycles. The minimum absolute atomic E-state index is 0.392. The molecule has 29 heavy (non-hydrogen) atoms. The van der Waals surface area contributed by atoms with E-state index in [1.54, 1.807) is 0 Å². The molecule has 0 saturated carbocycles. The average molecular weight is 398 g/mol. The van der Waals surface area contributed by atoms with Gasteiger partial charge in [-0.3, -0.25) is 4.79 Å². The predicted octanol–water partition coefficient (Wildman–Crippen LogP) is 3.62. The van der Waals surface area contributed by atoms with Crippen molar-refractivity contribution in [2.75, 3.05) is 26.2 Å². The van der Waals surface area contributed by atoms with E-state index in [0.717, 1.165) is 38.1 Å². The lowest BCUT2D eigenvalue weighted by molar-refractivity contribution is -0.164. The van der Waals surface area contributed by atoms with Gasteiger partial charge in [-0.1, -0.05) is 48.5 Å². The fourth-order valence-electron chi connectivity index (χ4n) is 4.17. The van der Waals surface area contributed by atoms with Gasteiger partial charge in [-0.25, -0.2) is 0 Å². The summed E-state index contributed by atoms with van der Waals surface area (Å²) in [5, 5.41) is 20.6. The Morgan fingerprint density at radius 3 is 2.45 bits per heavy atom. The van der Waals surface area contributed by atoms with Crippen molar-refractivity contribution in [3.8, 4) is 5.75 Å². The zero-order valence-corrected chi connectivity index (χ0v) is 16.9. The van der Waals surface area contributed by atoms with E-state index in [1.807, 2.05) is 48.5 Å². The van der Waals surface area contributed by atoms with Crippen LogP contribution in [0.1, 0.15) is 31.2 Å². The van der Waals surface area contributed by atoms with Gasteiger partial charge in [-0.2, -0.15) is 0 Å². The normalized spacial score (nSPS) is 22.3. The summed E-state index contributed by atoms with van der Waals surface area (Å²) in [5.74, 6) is -0.0364. The molecule has 0 amide bonds. The standard InChI is InChI=1S/C24H31NO4/c26-22-14-17-25(16-8-18-29-21-12-5-2-6-13-21)19-24(22,23(27)28)15-7-11-20-9-3-1-4-10-20/h1-6,9-10,12-13,22,26H,7-8,11,14-19H2,(H,27,28)/t22-,24+/m0/s1. The van der Waals surface area contributed by atoms with Gasteiger partial charge in [0.1, 0.15) is 11.2 Å². The maximum Gasteiger partial charge on any atom is 0.313 e. The van der Waals surface area contributed by atoms with Gasteiger partial charge < -0.3 is 19.8 Å². The van der Waals surface area contributed by atoms with E-state index in [1.165, 1.54) is 5.56 Å². The third kappa shape index (κ3) is 5.81. The highest BCUT2D eigenvalue weighted by Crippen LogP contribution is 2.36. The highest BCUT2D eigenvalue weighted by Gasteiger charge is 2.48. The third-order valence-electron chi connectivity index (χ3n) is 5.85. The van der Waals surface area contributed by atoms with Gasteiger partial charge in [-0.15, -0.1) is 0 Å². The number of hydrogen-bond acceptors (Lipinski definition) is 4. The average Bonchev–Trinajstić information content (AvgIpc) is 2.74. The van der Waals surface area contributed by atoms with Crippen LogP contribution in [0.25, 0.3) is 0 Å². The second-order valence-electron chi connectivity index (χ2n) is 7.90. The number of aryl methyl sites for hydroxylation is 1. The quantitative estimate of drug-likeness (QED) is 0.599. The molecule has 2 aromatic rings. The SMILES string of the molecule is O=C(O)[C@]1(CCCc2ccccc2)CN(CCCOc2ccccc2)CC[C@@H]1O. The molecule has 1 fully saturated rings. The van der Waals surface area contributed by atoms with Crippen molar-refractivity contribution >= 4 is 5.97 Å². The molecule has 0 radical (unpaired) electrons. The van der Waals surface area contributed by atoms with Crippen LogP contribution in [0.2, 0.25) is 0 Å². The Balaban J connectivity index is 1.51. The van der Waals surface area contributed by atoms with Crippen LogP contribution in [0.3, 0.4) is 0 Å². The van der Waals surface area contributed by atoms with Crippen LogP contribution in [0.5, 0.6) is 5.75 Å². The van der Waals surface area contributed by atoms with Crippen LogP contribution >= 0.6 is 0 Å². The van der Waals surface area contributed by atoms with Crippen LogP contribution in [-0.2, 0) is 11.2 Å². The minimum atomic E-state index is -1.09. The topological polar surface area (TPSA) is 70.0 Å². The highest BCUT2D eigenvalue weighted by molar-refractivity contribution is 5.76. The van der Waals surface area contributed by atoms with Crippen LogP contribution in [0, 0.1) is 5.41 Å². The Morgan fingerprint density at radius 2 is 1.76 bits per heavy atom. The van der Waals surface area contributed by atoms with Crippen molar-refractivity contribution in [3.05, 3.63) is 66.2 Å². The molecule has 0 spiro atoms. The largest absolute Gasteiger partial charge is 0.494 e. The molecule has 1 aliphatic rings. The van der Waals surface area contributed by atoms with Gasteiger partial charge in [0.15, 0.2) is 0 Å². The van der Waals surface area contributed by atoms with E-state index in [2.05, 4.69) is 17.0 Å². The summed E-state index contributed by atoms with van der Waals surface area (Å²) in [6.07, 6.45) is 2.58. The molecule has 1 heterocycles. The highest BCUT2D eigenvalue weighted by atomic mass is 16.5. The van der Waals surface area contributed by atoms with Crippen molar-refractivity contribution < 1.29 is 19.7 Å². The Morgan fingerprint density at radius 1 is 1.07 bits per heavy atom. The monoisotopic (exact) mass is 397 g/mol. The number of aliphatic hydroxyl groups excluding tert-OH is 1. The molecular weight excluding hydrogens is 366 g/mol. The fraction of sp³-hybridized carbons (Fsp3) is 0.458. The van der Waals surface area contributed by atoms with Crippen molar-refractivity contribution in [2.24, 2.45) is 5.41 Å². The molecule has 0 unspecified atom stereocenters. The number of ether oxygens (including phenoxy) is 1. The first-order valence-corrected chi connectivity index (χ1v) is 10.5. The summed E-state index contributed by atoms with van der Waals surface area (Å²) in [6.45, 7) is 2.48. The van der Waals surface area contributed by atoms with Gasteiger partial charge in [0.2, 0.25) is 0 Å². The number of likely N-dealkylation sites (tertiary alicyclic amines) is 1. The molecule has 3 rings (SSSR count). The summed E-state index contributed by atoms with van der Waals surface area (Å²) < 4.78 is 5.74. The maximum atomic E-state index is 12.2. The fourth-order valence-corrected chi connectivity index (χ4v) is 4.17. The van der Waals surface area contributed by atoms with Crippen LogP contribution in [-0.4, -0.2) is 53.4 Å². The summed E-state index contributed by atoms with van der Waals surface area (Å²) in [7, 11) is 0. The molecule has 5 heteroatoms.